The van der Waals surface area contributed by atoms with Crippen molar-refractivity contribution in [2.75, 3.05) is 7.05 Å². The zero-order valence-corrected chi connectivity index (χ0v) is 14.2. The molecule has 1 rings (SSSR count). The average Bonchev–Trinajstić information content (AvgIpc) is 2.75. The van der Waals surface area contributed by atoms with Crippen LogP contribution >= 0.6 is 27.3 Å². The Bertz CT molecular complexity index is 353. The molecule has 0 saturated heterocycles. The molecule has 2 nitrogen and oxygen atoms in total. The van der Waals surface area contributed by atoms with E-state index in [4.69, 9.17) is 5.73 Å². The molecule has 3 atom stereocenters. The van der Waals surface area contributed by atoms with Gasteiger partial charge in [-0.2, -0.15) is 0 Å². The fourth-order valence-corrected chi connectivity index (χ4v) is 3.99. The maximum atomic E-state index is 6.34. The first-order valence-electron chi connectivity index (χ1n) is 6.72. The molecule has 1 aromatic rings. The second kappa shape index (κ2) is 7.63. The molecule has 0 bridgehead atoms. The summed E-state index contributed by atoms with van der Waals surface area (Å²) >= 11 is 5.34. The van der Waals surface area contributed by atoms with Crippen LogP contribution in [0.5, 0.6) is 0 Å². The first kappa shape index (κ1) is 16.2. The van der Waals surface area contributed by atoms with Crippen molar-refractivity contribution in [1.29, 1.82) is 0 Å². The molecular formula is C14H25BrN2S. The Balaban J connectivity index is 2.91. The van der Waals surface area contributed by atoms with Crippen LogP contribution in [0.2, 0.25) is 0 Å². The van der Waals surface area contributed by atoms with Crippen molar-refractivity contribution in [1.82, 2.24) is 4.90 Å². The molecule has 0 spiro atoms. The molecule has 1 aromatic heterocycles. The summed E-state index contributed by atoms with van der Waals surface area (Å²) in [6, 6.07) is 3.30. The summed E-state index contributed by atoms with van der Waals surface area (Å²) in [5, 5.41) is 2.14. The Morgan fingerprint density at radius 1 is 1.44 bits per heavy atom. The van der Waals surface area contributed by atoms with E-state index < -0.39 is 0 Å². The van der Waals surface area contributed by atoms with E-state index in [0.717, 1.165) is 10.9 Å². The molecule has 0 radical (unpaired) electrons. The van der Waals surface area contributed by atoms with E-state index in [0.29, 0.717) is 12.1 Å². The number of nitrogens with zero attached hydrogens (tertiary/aromatic N) is 1. The van der Waals surface area contributed by atoms with Crippen LogP contribution < -0.4 is 5.73 Å². The van der Waals surface area contributed by atoms with Gasteiger partial charge in [-0.3, -0.25) is 4.90 Å². The molecule has 2 N–H and O–H groups in total. The highest BCUT2D eigenvalue weighted by atomic mass is 79.9. The van der Waals surface area contributed by atoms with E-state index in [1.807, 2.05) is 0 Å². The minimum absolute atomic E-state index is 0.194. The van der Waals surface area contributed by atoms with Crippen LogP contribution in [0.25, 0.3) is 0 Å². The monoisotopic (exact) mass is 332 g/mol. The smallest absolute Gasteiger partial charge is 0.0593 e. The molecule has 104 valence electrons. The third-order valence-corrected chi connectivity index (χ3v) is 5.36. The minimum Gasteiger partial charge on any atom is -0.326 e. The molecule has 0 aliphatic carbocycles. The summed E-state index contributed by atoms with van der Waals surface area (Å²) in [5.41, 5.74) is 6.34. The Morgan fingerprint density at radius 3 is 2.56 bits per heavy atom. The lowest BCUT2D eigenvalue weighted by Gasteiger charge is -2.36. The van der Waals surface area contributed by atoms with Crippen LogP contribution in [-0.2, 0) is 0 Å². The number of rotatable bonds is 7. The van der Waals surface area contributed by atoms with Gasteiger partial charge in [-0.15, -0.1) is 11.3 Å². The Labute approximate surface area is 124 Å². The number of hydrogen-bond acceptors (Lipinski definition) is 3. The molecular weight excluding hydrogens is 308 g/mol. The van der Waals surface area contributed by atoms with Gasteiger partial charge < -0.3 is 5.73 Å². The number of nitrogens with two attached hydrogens (primary N) is 1. The zero-order chi connectivity index (χ0) is 13.7. The Hall–Kier alpha value is 0.1000. The van der Waals surface area contributed by atoms with E-state index in [-0.39, 0.29) is 6.04 Å². The van der Waals surface area contributed by atoms with E-state index in [9.17, 15) is 0 Å². The predicted molar refractivity (Wildman–Crippen MR) is 85.2 cm³/mol. The van der Waals surface area contributed by atoms with Gasteiger partial charge >= 0.3 is 0 Å². The van der Waals surface area contributed by atoms with Gasteiger partial charge in [-0.05, 0) is 48.8 Å². The van der Waals surface area contributed by atoms with Gasteiger partial charge in [-0.25, -0.2) is 0 Å². The second-order valence-corrected chi connectivity index (χ2v) is 6.85. The fraction of sp³-hybridized carbons (Fsp3) is 0.714. The molecule has 0 saturated carbocycles. The van der Waals surface area contributed by atoms with E-state index >= 15 is 0 Å². The van der Waals surface area contributed by atoms with Crippen molar-refractivity contribution >= 4 is 27.3 Å². The fourth-order valence-electron chi connectivity index (χ4n) is 2.32. The molecule has 3 unspecified atom stereocenters. The Morgan fingerprint density at radius 2 is 2.11 bits per heavy atom. The van der Waals surface area contributed by atoms with E-state index in [1.54, 1.807) is 11.3 Å². The van der Waals surface area contributed by atoms with Crippen molar-refractivity contribution in [2.45, 2.75) is 58.2 Å². The lowest BCUT2D eigenvalue weighted by atomic mass is 10.0. The second-order valence-electron chi connectivity index (χ2n) is 4.99. The van der Waals surface area contributed by atoms with Crippen LogP contribution in [0, 0.1) is 0 Å². The third kappa shape index (κ3) is 4.05. The maximum absolute atomic E-state index is 6.34. The number of likely N-dealkylation sites (N-methyl/N-ethyl adjacent to an activating group) is 1. The molecule has 0 fully saturated rings. The van der Waals surface area contributed by atoms with Gasteiger partial charge in [0.1, 0.15) is 0 Å². The number of thiophene rings is 1. The normalized spacial score (nSPS) is 16.8. The van der Waals surface area contributed by atoms with Gasteiger partial charge in [0.15, 0.2) is 0 Å². The first-order chi connectivity index (χ1) is 8.51. The molecule has 0 aromatic carbocycles. The minimum atomic E-state index is 0.194. The molecule has 4 heteroatoms. The summed E-state index contributed by atoms with van der Waals surface area (Å²) < 4.78 is 1.16. The van der Waals surface area contributed by atoms with Gasteiger partial charge in [0, 0.05) is 26.8 Å². The van der Waals surface area contributed by atoms with Crippen LogP contribution in [0.1, 0.15) is 51.0 Å². The molecule has 18 heavy (non-hydrogen) atoms. The SMILES string of the molecule is CCCC(C)N(C)C(c1cc(Br)cs1)C(N)CC. The summed E-state index contributed by atoms with van der Waals surface area (Å²) in [6.45, 7) is 6.70. The van der Waals surface area contributed by atoms with E-state index in [2.05, 4.69) is 60.1 Å². The highest BCUT2D eigenvalue weighted by molar-refractivity contribution is 9.10. The zero-order valence-electron chi connectivity index (χ0n) is 11.8. The van der Waals surface area contributed by atoms with Gasteiger partial charge in [0.05, 0.1) is 6.04 Å². The first-order valence-corrected chi connectivity index (χ1v) is 8.39. The summed E-state index contributed by atoms with van der Waals surface area (Å²) in [7, 11) is 2.20. The number of halogens is 1. The van der Waals surface area contributed by atoms with Crippen LogP contribution in [0.15, 0.2) is 15.9 Å². The lowest BCUT2D eigenvalue weighted by molar-refractivity contribution is 0.153. The average molecular weight is 333 g/mol. The summed E-state index contributed by atoms with van der Waals surface area (Å²) in [5.74, 6) is 0. The topological polar surface area (TPSA) is 29.3 Å². The molecule has 1 heterocycles. The molecule has 0 aliphatic rings. The highest BCUT2D eigenvalue weighted by Gasteiger charge is 2.27. The van der Waals surface area contributed by atoms with Crippen LogP contribution in [0.4, 0.5) is 0 Å². The third-order valence-electron chi connectivity index (χ3n) is 3.60. The molecule has 0 aliphatic heterocycles. The predicted octanol–water partition coefficient (Wildman–Crippen LogP) is 4.41. The van der Waals surface area contributed by atoms with Crippen LogP contribution in [-0.4, -0.2) is 24.0 Å². The van der Waals surface area contributed by atoms with Crippen LogP contribution in [0.3, 0.4) is 0 Å². The largest absolute Gasteiger partial charge is 0.326 e. The van der Waals surface area contributed by atoms with Gasteiger partial charge in [-0.1, -0.05) is 20.3 Å². The maximum Gasteiger partial charge on any atom is 0.0593 e. The van der Waals surface area contributed by atoms with Crippen molar-refractivity contribution in [3.8, 4) is 0 Å². The van der Waals surface area contributed by atoms with Crippen molar-refractivity contribution < 1.29 is 0 Å². The van der Waals surface area contributed by atoms with Crippen molar-refractivity contribution in [3.05, 3.63) is 20.8 Å². The lowest BCUT2D eigenvalue weighted by Crippen LogP contribution is -2.42. The standard InChI is InChI=1S/C14H25BrN2S/c1-5-7-10(3)17(4)14(12(16)6-2)13-8-11(15)9-18-13/h8-10,12,14H,5-7,16H2,1-4H3. The van der Waals surface area contributed by atoms with E-state index in [1.165, 1.54) is 17.7 Å². The quantitative estimate of drug-likeness (QED) is 0.801. The molecule has 0 amide bonds. The van der Waals surface area contributed by atoms with Gasteiger partial charge in [0.2, 0.25) is 0 Å². The summed E-state index contributed by atoms with van der Waals surface area (Å²) in [4.78, 5) is 3.80. The highest BCUT2D eigenvalue weighted by Crippen LogP contribution is 2.33. The van der Waals surface area contributed by atoms with Crippen molar-refractivity contribution in [3.63, 3.8) is 0 Å². The number of hydrogen-bond donors (Lipinski definition) is 1. The summed E-state index contributed by atoms with van der Waals surface area (Å²) in [6.07, 6.45) is 3.44. The Kier molecular flexibility index (Phi) is 6.85. The van der Waals surface area contributed by atoms with Crippen molar-refractivity contribution in [2.24, 2.45) is 5.73 Å². The van der Waals surface area contributed by atoms with Gasteiger partial charge in [0.25, 0.3) is 0 Å².